The van der Waals surface area contributed by atoms with Crippen molar-refractivity contribution >= 4 is 17.6 Å². The Morgan fingerprint density at radius 3 is 2.92 bits per heavy atom. The highest BCUT2D eigenvalue weighted by atomic mass is 16.5. The first-order valence-electron chi connectivity index (χ1n) is 9.12. The Bertz CT molecular complexity index is 618. The number of methoxy groups -OCH3 is 1. The summed E-state index contributed by atoms with van der Waals surface area (Å²) < 4.78 is 5.19. The third kappa shape index (κ3) is 5.71. The number of carbonyl (C=O) groups is 1. The monoisotopic (exact) mass is 361 g/mol. The second kappa shape index (κ2) is 10.1. The first kappa shape index (κ1) is 20.2. The van der Waals surface area contributed by atoms with E-state index in [4.69, 9.17) is 10.5 Å². The van der Waals surface area contributed by atoms with Gasteiger partial charge in [-0.1, -0.05) is 18.2 Å². The van der Waals surface area contributed by atoms with Crippen LogP contribution in [-0.2, 0) is 16.1 Å². The first-order chi connectivity index (χ1) is 12.5. The van der Waals surface area contributed by atoms with Gasteiger partial charge in [-0.3, -0.25) is 14.7 Å². The second-order valence-corrected chi connectivity index (χ2v) is 6.76. The molecule has 0 radical (unpaired) electrons. The van der Waals surface area contributed by atoms with Gasteiger partial charge in [0, 0.05) is 45.5 Å². The molecule has 1 amide bonds. The summed E-state index contributed by atoms with van der Waals surface area (Å²) in [4.78, 5) is 20.5. The lowest BCUT2D eigenvalue weighted by atomic mass is 10.2. The quantitative estimate of drug-likeness (QED) is 0.417. The third-order valence-electron chi connectivity index (χ3n) is 4.56. The summed E-state index contributed by atoms with van der Waals surface area (Å²) in [6, 6.07) is 7.89. The van der Waals surface area contributed by atoms with Crippen molar-refractivity contribution in [2.45, 2.75) is 31.9 Å². The molecule has 26 heavy (non-hydrogen) atoms. The second-order valence-electron chi connectivity index (χ2n) is 6.76. The number of likely N-dealkylation sites (N-methyl/N-ethyl adjacent to an activating group) is 1. The van der Waals surface area contributed by atoms with Crippen LogP contribution in [0.4, 0.5) is 5.69 Å². The van der Waals surface area contributed by atoms with Crippen LogP contribution in [0, 0.1) is 0 Å². The Morgan fingerprint density at radius 2 is 2.19 bits per heavy atom. The highest BCUT2D eigenvalue weighted by Crippen LogP contribution is 2.19. The van der Waals surface area contributed by atoms with Crippen molar-refractivity contribution in [1.82, 2.24) is 9.80 Å². The van der Waals surface area contributed by atoms with Crippen LogP contribution in [0.25, 0.3) is 0 Å². The summed E-state index contributed by atoms with van der Waals surface area (Å²) in [6.45, 7) is 2.99. The largest absolute Gasteiger partial charge is 0.380 e. The van der Waals surface area contributed by atoms with Gasteiger partial charge in [0.1, 0.15) is 0 Å². The van der Waals surface area contributed by atoms with Gasteiger partial charge < -0.3 is 20.7 Å². The highest BCUT2D eigenvalue weighted by Gasteiger charge is 2.30. The molecular weight excluding hydrogens is 330 g/mol. The lowest BCUT2D eigenvalue weighted by Gasteiger charge is -2.25. The minimum atomic E-state index is 0.0189. The van der Waals surface area contributed by atoms with E-state index in [1.54, 1.807) is 12.0 Å². The number of likely N-dealkylation sites (tertiary alicyclic amines) is 1. The molecule has 7 heteroatoms. The standard InChI is InChI=1S/C19H31N5O2/c1-23(2)18(25)17-10-6-12-24(17)13-7-11-21-19(20)22-16-9-5-4-8-15(16)14-26-3/h4-5,8-9,17H,6-7,10-14H2,1-3H3,(H3,20,21,22). The molecule has 0 aliphatic carbocycles. The topological polar surface area (TPSA) is 83.2 Å². The van der Waals surface area contributed by atoms with Crippen molar-refractivity contribution < 1.29 is 9.53 Å². The van der Waals surface area contributed by atoms with Crippen molar-refractivity contribution in [1.29, 1.82) is 0 Å². The number of hydrogen-bond acceptors (Lipinski definition) is 4. The van der Waals surface area contributed by atoms with Crippen molar-refractivity contribution in [3.05, 3.63) is 29.8 Å². The predicted octanol–water partition coefficient (Wildman–Crippen LogP) is 1.50. The minimum absolute atomic E-state index is 0.0189. The lowest BCUT2D eigenvalue weighted by Crippen LogP contribution is -2.43. The van der Waals surface area contributed by atoms with E-state index in [1.165, 1.54) is 0 Å². The fourth-order valence-corrected chi connectivity index (χ4v) is 3.25. The molecule has 3 N–H and O–H groups in total. The van der Waals surface area contributed by atoms with Gasteiger partial charge >= 0.3 is 0 Å². The van der Waals surface area contributed by atoms with Crippen LogP contribution in [0.1, 0.15) is 24.8 Å². The van der Waals surface area contributed by atoms with Crippen LogP contribution in [0.2, 0.25) is 0 Å². The zero-order chi connectivity index (χ0) is 18.9. The van der Waals surface area contributed by atoms with Gasteiger partial charge in [-0.25, -0.2) is 0 Å². The molecule has 0 bridgehead atoms. The van der Waals surface area contributed by atoms with E-state index in [0.717, 1.165) is 43.6 Å². The number of guanidine groups is 1. The zero-order valence-corrected chi connectivity index (χ0v) is 16.1. The van der Waals surface area contributed by atoms with E-state index in [-0.39, 0.29) is 11.9 Å². The summed E-state index contributed by atoms with van der Waals surface area (Å²) in [5.74, 6) is 0.595. The number of carbonyl (C=O) groups excluding carboxylic acids is 1. The van der Waals surface area contributed by atoms with Crippen LogP contribution in [-0.4, -0.2) is 68.5 Å². The third-order valence-corrected chi connectivity index (χ3v) is 4.56. The Labute approximate surface area is 156 Å². The van der Waals surface area contributed by atoms with Crippen molar-refractivity contribution in [3.8, 4) is 0 Å². The van der Waals surface area contributed by atoms with Crippen LogP contribution in [0.15, 0.2) is 29.3 Å². The van der Waals surface area contributed by atoms with E-state index in [1.807, 2.05) is 38.4 Å². The Morgan fingerprint density at radius 1 is 1.42 bits per heavy atom. The van der Waals surface area contributed by atoms with Crippen LogP contribution < -0.4 is 11.1 Å². The Balaban J connectivity index is 1.80. The molecule has 1 aromatic carbocycles. The van der Waals surface area contributed by atoms with Gasteiger partial charge in [0.05, 0.1) is 12.6 Å². The summed E-state index contributed by atoms with van der Waals surface area (Å²) in [6.07, 6.45) is 2.90. The number of nitrogens with one attached hydrogen (secondary N) is 1. The van der Waals surface area contributed by atoms with Gasteiger partial charge in [0.15, 0.2) is 5.96 Å². The molecule has 1 atom stereocenters. The van der Waals surface area contributed by atoms with Crippen molar-refractivity contribution in [2.24, 2.45) is 10.7 Å². The highest BCUT2D eigenvalue weighted by molar-refractivity contribution is 5.92. The van der Waals surface area contributed by atoms with Gasteiger partial charge in [-0.15, -0.1) is 0 Å². The van der Waals surface area contributed by atoms with E-state index in [2.05, 4.69) is 15.2 Å². The molecule has 7 nitrogen and oxygen atoms in total. The van der Waals surface area contributed by atoms with Gasteiger partial charge in [-0.05, 0) is 31.9 Å². The van der Waals surface area contributed by atoms with E-state index in [9.17, 15) is 4.79 Å². The van der Waals surface area contributed by atoms with Crippen LogP contribution in [0.3, 0.4) is 0 Å². The summed E-state index contributed by atoms with van der Waals surface area (Å²) in [5, 5.41) is 3.14. The fourth-order valence-electron chi connectivity index (χ4n) is 3.25. The molecule has 1 unspecified atom stereocenters. The number of benzene rings is 1. The molecule has 2 rings (SSSR count). The average Bonchev–Trinajstić information content (AvgIpc) is 3.08. The van der Waals surface area contributed by atoms with Crippen molar-refractivity contribution in [3.63, 3.8) is 0 Å². The van der Waals surface area contributed by atoms with Crippen molar-refractivity contribution in [2.75, 3.05) is 46.2 Å². The number of anilines is 1. The number of nitrogens with two attached hydrogens (primary N) is 1. The Hall–Kier alpha value is -2.12. The SMILES string of the molecule is COCc1ccccc1NC(N)=NCCCN1CCCC1C(=O)N(C)C. The summed E-state index contributed by atoms with van der Waals surface area (Å²) in [7, 11) is 5.30. The molecule has 0 saturated carbocycles. The number of hydrogen-bond donors (Lipinski definition) is 2. The molecule has 1 aliphatic rings. The van der Waals surface area contributed by atoms with Crippen LogP contribution >= 0.6 is 0 Å². The molecule has 144 valence electrons. The maximum Gasteiger partial charge on any atom is 0.239 e. The van der Waals surface area contributed by atoms with Crippen LogP contribution in [0.5, 0.6) is 0 Å². The molecule has 1 aliphatic heterocycles. The number of para-hydroxylation sites is 1. The molecular formula is C19H31N5O2. The number of amides is 1. The van der Waals surface area contributed by atoms with E-state index < -0.39 is 0 Å². The van der Waals surface area contributed by atoms with E-state index in [0.29, 0.717) is 19.1 Å². The summed E-state index contributed by atoms with van der Waals surface area (Å²) >= 11 is 0. The van der Waals surface area contributed by atoms with Gasteiger partial charge in [0.2, 0.25) is 5.91 Å². The molecule has 1 aromatic rings. The minimum Gasteiger partial charge on any atom is -0.380 e. The molecule has 0 spiro atoms. The smallest absolute Gasteiger partial charge is 0.239 e. The first-order valence-corrected chi connectivity index (χ1v) is 9.12. The normalized spacial score (nSPS) is 18.1. The number of rotatable bonds is 8. The average molecular weight is 361 g/mol. The predicted molar refractivity (Wildman–Crippen MR) is 105 cm³/mol. The van der Waals surface area contributed by atoms with Gasteiger partial charge in [0.25, 0.3) is 0 Å². The molecule has 1 saturated heterocycles. The number of ether oxygens (including phenoxy) is 1. The lowest BCUT2D eigenvalue weighted by molar-refractivity contribution is -0.133. The number of nitrogens with zero attached hydrogens (tertiary/aromatic N) is 3. The zero-order valence-electron chi connectivity index (χ0n) is 16.1. The molecule has 0 aromatic heterocycles. The summed E-state index contributed by atoms with van der Waals surface area (Å²) in [5.41, 5.74) is 7.95. The maximum absolute atomic E-state index is 12.2. The maximum atomic E-state index is 12.2. The number of aliphatic imine (C=N–C) groups is 1. The Kier molecular flexibility index (Phi) is 7.87. The molecule has 1 fully saturated rings. The van der Waals surface area contributed by atoms with Gasteiger partial charge in [-0.2, -0.15) is 0 Å². The van der Waals surface area contributed by atoms with E-state index >= 15 is 0 Å². The molecule has 1 heterocycles. The fraction of sp³-hybridized carbons (Fsp3) is 0.579.